The molecule has 1 aromatic rings. The number of benzene rings is 1. The van der Waals surface area contributed by atoms with E-state index in [1.807, 2.05) is 13.8 Å². The Kier molecular flexibility index (Phi) is 4.92. The standard InChI is InChI=1S/C12H17FN2O/c1-3-9(2)16-8-11-6-12(13)5-4-10(11)7-15-14/h4-7,9H,3,8,14H2,1-2H3. The highest BCUT2D eigenvalue weighted by molar-refractivity contribution is 5.81. The van der Waals surface area contributed by atoms with E-state index in [-0.39, 0.29) is 11.9 Å². The summed E-state index contributed by atoms with van der Waals surface area (Å²) < 4.78 is 18.6. The molecule has 0 aliphatic rings. The number of rotatable bonds is 5. The van der Waals surface area contributed by atoms with E-state index in [0.29, 0.717) is 6.61 Å². The molecule has 0 bridgehead atoms. The molecule has 4 heteroatoms. The molecule has 0 spiro atoms. The average Bonchev–Trinajstić information content (AvgIpc) is 2.29. The molecule has 2 N–H and O–H groups in total. The molecule has 0 heterocycles. The van der Waals surface area contributed by atoms with Gasteiger partial charge in [-0.3, -0.25) is 0 Å². The molecule has 0 fully saturated rings. The van der Waals surface area contributed by atoms with Crippen LogP contribution in [0.2, 0.25) is 0 Å². The fourth-order valence-electron chi connectivity index (χ4n) is 1.26. The average molecular weight is 224 g/mol. The van der Waals surface area contributed by atoms with Crippen molar-refractivity contribution >= 4 is 6.21 Å². The molecule has 16 heavy (non-hydrogen) atoms. The zero-order valence-corrected chi connectivity index (χ0v) is 9.61. The van der Waals surface area contributed by atoms with Crippen molar-refractivity contribution in [3.05, 3.63) is 35.1 Å². The molecule has 3 nitrogen and oxygen atoms in total. The summed E-state index contributed by atoms with van der Waals surface area (Å²) in [5.41, 5.74) is 1.54. The first-order valence-corrected chi connectivity index (χ1v) is 5.30. The van der Waals surface area contributed by atoms with Crippen LogP contribution < -0.4 is 5.84 Å². The Morgan fingerprint density at radius 2 is 2.31 bits per heavy atom. The third-order valence-corrected chi connectivity index (χ3v) is 2.42. The number of hydrogen-bond acceptors (Lipinski definition) is 3. The highest BCUT2D eigenvalue weighted by atomic mass is 19.1. The lowest BCUT2D eigenvalue weighted by Gasteiger charge is -2.12. The predicted molar refractivity (Wildman–Crippen MR) is 62.7 cm³/mol. The quantitative estimate of drug-likeness (QED) is 0.474. The topological polar surface area (TPSA) is 47.6 Å². The van der Waals surface area contributed by atoms with E-state index in [2.05, 4.69) is 5.10 Å². The van der Waals surface area contributed by atoms with Crippen molar-refractivity contribution < 1.29 is 9.13 Å². The Bertz CT molecular complexity index is 366. The molecule has 0 saturated carbocycles. The lowest BCUT2D eigenvalue weighted by molar-refractivity contribution is 0.0506. The van der Waals surface area contributed by atoms with Crippen LogP contribution in [0.25, 0.3) is 0 Å². The number of hydrogen-bond donors (Lipinski definition) is 1. The largest absolute Gasteiger partial charge is 0.374 e. The maximum Gasteiger partial charge on any atom is 0.123 e. The maximum absolute atomic E-state index is 13.1. The van der Waals surface area contributed by atoms with E-state index in [9.17, 15) is 4.39 Å². The normalized spacial score (nSPS) is 13.2. The first-order valence-electron chi connectivity index (χ1n) is 5.30. The molecule has 0 aliphatic heterocycles. The van der Waals surface area contributed by atoms with Gasteiger partial charge >= 0.3 is 0 Å². The fraction of sp³-hybridized carbons (Fsp3) is 0.417. The monoisotopic (exact) mass is 224 g/mol. The lowest BCUT2D eigenvalue weighted by Crippen LogP contribution is -2.08. The predicted octanol–water partition coefficient (Wildman–Crippen LogP) is 2.43. The highest BCUT2D eigenvalue weighted by Gasteiger charge is 2.05. The van der Waals surface area contributed by atoms with Crippen molar-refractivity contribution in [2.75, 3.05) is 0 Å². The SMILES string of the molecule is CCC(C)OCc1cc(F)ccc1C=NN. The molecule has 1 atom stereocenters. The Morgan fingerprint density at radius 1 is 1.56 bits per heavy atom. The molecule has 0 aliphatic carbocycles. The molecular weight excluding hydrogens is 207 g/mol. The van der Waals surface area contributed by atoms with Gasteiger partial charge < -0.3 is 10.6 Å². The van der Waals surface area contributed by atoms with Gasteiger partial charge in [-0.2, -0.15) is 5.10 Å². The van der Waals surface area contributed by atoms with Gasteiger partial charge in [0.1, 0.15) is 5.82 Å². The number of nitrogens with two attached hydrogens (primary N) is 1. The Morgan fingerprint density at radius 3 is 2.94 bits per heavy atom. The number of hydrazone groups is 1. The van der Waals surface area contributed by atoms with E-state index in [1.54, 1.807) is 6.07 Å². The van der Waals surface area contributed by atoms with Crippen LogP contribution in [0.15, 0.2) is 23.3 Å². The van der Waals surface area contributed by atoms with Crippen molar-refractivity contribution in [3.8, 4) is 0 Å². The summed E-state index contributed by atoms with van der Waals surface area (Å²) in [6.07, 6.45) is 2.58. The van der Waals surface area contributed by atoms with Crippen molar-refractivity contribution in [3.63, 3.8) is 0 Å². The Balaban J connectivity index is 2.79. The van der Waals surface area contributed by atoms with E-state index in [0.717, 1.165) is 17.5 Å². The van der Waals surface area contributed by atoms with E-state index in [4.69, 9.17) is 10.6 Å². The van der Waals surface area contributed by atoms with Gasteiger partial charge in [-0.1, -0.05) is 13.0 Å². The molecule has 0 aromatic heterocycles. The van der Waals surface area contributed by atoms with E-state index >= 15 is 0 Å². The van der Waals surface area contributed by atoms with Crippen LogP contribution >= 0.6 is 0 Å². The molecule has 0 saturated heterocycles. The molecule has 1 unspecified atom stereocenters. The van der Waals surface area contributed by atoms with Crippen LogP contribution in [0.5, 0.6) is 0 Å². The van der Waals surface area contributed by atoms with Gasteiger partial charge in [0, 0.05) is 5.56 Å². The molecule has 1 rings (SSSR count). The van der Waals surface area contributed by atoms with Gasteiger partial charge in [-0.25, -0.2) is 4.39 Å². The highest BCUT2D eigenvalue weighted by Crippen LogP contribution is 2.12. The van der Waals surface area contributed by atoms with Crippen molar-refractivity contribution in [1.82, 2.24) is 0 Å². The number of halogens is 1. The van der Waals surface area contributed by atoms with Crippen molar-refractivity contribution in [1.29, 1.82) is 0 Å². The van der Waals surface area contributed by atoms with E-state index in [1.165, 1.54) is 18.3 Å². The fourth-order valence-corrected chi connectivity index (χ4v) is 1.26. The summed E-state index contributed by atoms with van der Waals surface area (Å²) >= 11 is 0. The first kappa shape index (κ1) is 12.6. The number of nitrogens with zero attached hydrogens (tertiary/aromatic N) is 1. The van der Waals surface area contributed by atoms with Crippen LogP contribution in [0.1, 0.15) is 31.4 Å². The second-order valence-electron chi connectivity index (χ2n) is 3.65. The summed E-state index contributed by atoms with van der Waals surface area (Å²) in [4.78, 5) is 0. The van der Waals surface area contributed by atoms with Crippen LogP contribution in [0, 0.1) is 5.82 Å². The molecule has 0 amide bonds. The third kappa shape index (κ3) is 3.62. The minimum Gasteiger partial charge on any atom is -0.374 e. The van der Waals surface area contributed by atoms with Crippen molar-refractivity contribution in [2.45, 2.75) is 33.0 Å². The summed E-state index contributed by atoms with van der Waals surface area (Å²) in [5.74, 6) is 4.80. The van der Waals surface area contributed by atoms with Crippen LogP contribution in [0.3, 0.4) is 0 Å². The summed E-state index contributed by atoms with van der Waals surface area (Å²) in [6, 6.07) is 4.46. The van der Waals surface area contributed by atoms with E-state index < -0.39 is 0 Å². The molecular formula is C12H17FN2O. The third-order valence-electron chi connectivity index (χ3n) is 2.42. The minimum absolute atomic E-state index is 0.158. The van der Waals surface area contributed by atoms with Crippen LogP contribution in [0.4, 0.5) is 4.39 Å². The van der Waals surface area contributed by atoms with Gasteiger partial charge in [-0.15, -0.1) is 0 Å². The first-order chi connectivity index (χ1) is 7.67. The summed E-state index contributed by atoms with van der Waals surface area (Å²) in [7, 11) is 0. The van der Waals surface area contributed by atoms with Crippen LogP contribution in [-0.2, 0) is 11.3 Å². The Labute approximate surface area is 95.1 Å². The second kappa shape index (κ2) is 6.23. The smallest absolute Gasteiger partial charge is 0.123 e. The summed E-state index contributed by atoms with van der Waals surface area (Å²) in [5, 5.41) is 3.44. The van der Waals surface area contributed by atoms with Gasteiger partial charge in [0.15, 0.2) is 0 Å². The molecule has 88 valence electrons. The molecule has 1 aromatic carbocycles. The lowest BCUT2D eigenvalue weighted by atomic mass is 10.1. The number of ether oxygens (including phenoxy) is 1. The Hall–Kier alpha value is -1.42. The van der Waals surface area contributed by atoms with Gasteiger partial charge in [0.25, 0.3) is 0 Å². The van der Waals surface area contributed by atoms with Gasteiger partial charge in [0.05, 0.1) is 18.9 Å². The minimum atomic E-state index is -0.281. The van der Waals surface area contributed by atoms with Gasteiger partial charge in [-0.05, 0) is 31.0 Å². The maximum atomic E-state index is 13.1. The second-order valence-corrected chi connectivity index (χ2v) is 3.65. The molecule has 0 radical (unpaired) electrons. The van der Waals surface area contributed by atoms with Crippen molar-refractivity contribution in [2.24, 2.45) is 10.9 Å². The zero-order valence-electron chi connectivity index (χ0n) is 9.61. The summed E-state index contributed by atoms with van der Waals surface area (Å²) in [6.45, 7) is 4.39. The van der Waals surface area contributed by atoms with Gasteiger partial charge in [0.2, 0.25) is 0 Å². The zero-order chi connectivity index (χ0) is 12.0. The van der Waals surface area contributed by atoms with Crippen LogP contribution in [-0.4, -0.2) is 12.3 Å².